The molecule has 8 heteroatoms. The van der Waals surface area contributed by atoms with E-state index < -0.39 is 10.8 Å². The van der Waals surface area contributed by atoms with Gasteiger partial charge in [-0.15, -0.1) is 0 Å². The highest BCUT2D eigenvalue weighted by Crippen LogP contribution is 2.27. The number of furan rings is 1. The number of rotatable bonds is 5. The zero-order chi connectivity index (χ0) is 21.3. The van der Waals surface area contributed by atoms with E-state index in [1.54, 1.807) is 28.9 Å². The van der Waals surface area contributed by atoms with Crippen LogP contribution in [0, 0.1) is 24.0 Å². The molecule has 1 N–H and O–H groups in total. The molecule has 0 radical (unpaired) electrons. The van der Waals surface area contributed by atoms with Crippen LogP contribution in [0.3, 0.4) is 0 Å². The number of carbonyl (C=O) groups is 1. The molecule has 0 spiro atoms. The quantitative estimate of drug-likeness (QED) is 0.377. The van der Waals surface area contributed by atoms with Gasteiger partial charge in [0.05, 0.1) is 27.7 Å². The van der Waals surface area contributed by atoms with Crippen molar-refractivity contribution in [3.8, 4) is 17.0 Å². The van der Waals surface area contributed by atoms with Gasteiger partial charge in [-0.2, -0.15) is 5.10 Å². The Morgan fingerprint density at radius 2 is 1.73 bits per heavy atom. The Morgan fingerprint density at radius 3 is 2.40 bits per heavy atom. The molecule has 4 rings (SSSR count). The first-order valence-electron chi connectivity index (χ1n) is 9.21. The van der Waals surface area contributed by atoms with Gasteiger partial charge in [-0.05, 0) is 50.2 Å². The van der Waals surface area contributed by atoms with Crippen molar-refractivity contribution in [2.24, 2.45) is 0 Å². The Hall–Kier alpha value is -4.20. The minimum absolute atomic E-state index is 0.00958. The Balaban J connectivity index is 1.55. The van der Waals surface area contributed by atoms with Gasteiger partial charge >= 0.3 is 0 Å². The van der Waals surface area contributed by atoms with Crippen LogP contribution in [0.4, 0.5) is 11.4 Å². The van der Waals surface area contributed by atoms with Crippen LogP contribution in [0.5, 0.6) is 0 Å². The van der Waals surface area contributed by atoms with E-state index in [9.17, 15) is 14.9 Å². The number of nitrogens with zero attached hydrogens (tertiary/aromatic N) is 3. The van der Waals surface area contributed by atoms with E-state index >= 15 is 0 Å². The minimum atomic E-state index is -0.467. The summed E-state index contributed by atoms with van der Waals surface area (Å²) in [6, 6.07) is 18.8. The Kier molecular flexibility index (Phi) is 4.89. The second-order valence-electron chi connectivity index (χ2n) is 6.72. The maximum absolute atomic E-state index is 12.7. The van der Waals surface area contributed by atoms with Crippen LogP contribution in [-0.2, 0) is 0 Å². The molecule has 150 valence electrons. The maximum atomic E-state index is 12.7. The molecular formula is C22H18N4O4. The molecule has 2 aromatic carbocycles. The topological polar surface area (TPSA) is 103 Å². The summed E-state index contributed by atoms with van der Waals surface area (Å²) in [7, 11) is 0. The van der Waals surface area contributed by atoms with Crippen molar-refractivity contribution < 1.29 is 14.1 Å². The van der Waals surface area contributed by atoms with Crippen molar-refractivity contribution in [1.29, 1.82) is 0 Å². The molecule has 8 nitrogen and oxygen atoms in total. The van der Waals surface area contributed by atoms with E-state index in [0.29, 0.717) is 22.7 Å². The molecule has 0 bridgehead atoms. The summed E-state index contributed by atoms with van der Waals surface area (Å²) in [5.41, 5.74) is 3.64. The van der Waals surface area contributed by atoms with Crippen LogP contribution in [0.25, 0.3) is 17.0 Å². The minimum Gasteiger partial charge on any atom is -0.451 e. The molecule has 0 aliphatic carbocycles. The van der Waals surface area contributed by atoms with Crippen molar-refractivity contribution in [2.75, 3.05) is 5.32 Å². The van der Waals surface area contributed by atoms with Crippen LogP contribution >= 0.6 is 0 Å². The second-order valence-corrected chi connectivity index (χ2v) is 6.72. The maximum Gasteiger partial charge on any atom is 0.291 e. The van der Waals surface area contributed by atoms with Gasteiger partial charge in [0.2, 0.25) is 0 Å². The molecule has 4 aromatic rings. The number of nitro groups is 1. The normalized spacial score (nSPS) is 10.7. The van der Waals surface area contributed by atoms with E-state index in [2.05, 4.69) is 10.4 Å². The lowest BCUT2D eigenvalue weighted by Gasteiger charge is -2.06. The van der Waals surface area contributed by atoms with E-state index in [0.717, 1.165) is 11.4 Å². The molecule has 0 aliphatic rings. The van der Waals surface area contributed by atoms with Gasteiger partial charge in [-0.3, -0.25) is 14.9 Å². The molecule has 0 aliphatic heterocycles. The number of para-hydroxylation sites is 1. The van der Waals surface area contributed by atoms with Gasteiger partial charge in [0.15, 0.2) is 5.76 Å². The Morgan fingerprint density at radius 1 is 1.03 bits per heavy atom. The number of aryl methyl sites for hydroxylation is 1. The highest BCUT2D eigenvalue weighted by atomic mass is 16.6. The summed E-state index contributed by atoms with van der Waals surface area (Å²) in [5, 5.41) is 18.2. The SMILES string of the molecule is Cc1nn(-c2ccccc2)c(C)c1NC(=O)c1ccc(-c2ccc([N+](=O)[O-])cc2)o1. The van der Waals surface area contributed by atoms with Crippen LogP contribution < -0.4 is 5.32 Å². The summed E-state index contributed by atoms with van der Waals surface area (Å²) in [4.78, 5) is 23.0. The third kappa shape index (κ3) is 3.58. The second kappa shape index (κ2) is 7.67. The number of aromatic nitrogens is 2. The molecule has 0 unspecified atom stereocenters. The molecule has 0 saturated heterocycles. The largest absolute Gasteiger partial charge is 0.451 e. The molecule has 0 fully saturated rings. The third-order valence-corrected chi connectivity index (χ3v) is 4.72. The lowest BCUT2D eigenvalue weighted by atomic mass is 10.1. The van der Waals surface area contributed by atoms with Gasteiger partial charge < -0.3 is 9.73 Å². The van der Waals surface area contributed by atoms with Gasteiger partial charge in [0, 0.05) is 17.7 Å². The van der Waals surface area contributed by atoms with Crippen molar-refractivity contribution in [1.82, 2.24) is 9.78 Å². The summed E-state index contributed by atoms with van der Waals surface area (Å²) in [5.74, 6) is 0.181. The number of non-ortho nitro benzene ring substituents is 1. The van der Waals surface area contributed by atoms with E-state index in [1.165, 1.54) is 12.1 Å². The summed E-state index contributed by atoms with van der Waals surface area (Å²) < 4.78 is 7.44. The molecule has 30 heavy (non-hydrogen) atoms. The fourth-order valence-corrected chi connectivity index (χ4v) is 3.18. The average Bonchev–Trinajstić information content (AvgIpc) is 3.35. The number of carbonyl (C=O) groups excluding carboxylic acids is 1. The summed E-state index contributed by atoms with van der Waals surface area (Å²) in [6.45, 7) is 3.71. The molecule has 2 heterocycles. The van der Waals surface area contributed by atoms with Crippen molar-refractivity contribution in [3.05, 3.63) is 94.0 Å². The number of hydrogen-bond donors (Lipinski definition) is 1. The molecule has 2 aromatic heterocycles. The van der Waals surface area contributed by atoms with Crippen molar-refractivity contribution >= 4 is 17.3 Å². The monoisotopic (exact) mass is 402 g/mol. The fourth-order valence-electron chi connectivity index (χ4n) is 3.18. The van der Waals surface area contributed by atoms with Crippen molar-refractivity contribution in [3.63, 3.8) is 0 Å². The highest BCUT2D eigenvalue weighted by Gasteiger charge is 2.19. The molecular weight excluding hydrogens is 384 g/mol. The predicted octanol–water partition coefficient (Wildman–Crippen LogP) is 4.91. The fraction of sp³-hybridized carbons (Fsp3) is 0.0909. The zero-order valence-electron chi connectivity index (χ0n) is 16.3. The number of amides is 1. The highest BCUT2D eigenvalue weighted by molar-refractivity contribution is 6.03. The first kappa shape index (κ1) is 19.1. The number of anilines is 1. The summed E-state index contributed by atoms with van der Waals surface area (Å²) >= 11 is 0. The first-order valence-corrected chi connectivity index (χ1v) is 9.21. The van der Waals surface area contributed by atoms with Gasteiger partial charge in [0.1, 0.15) is 5.76 Å². The van der Waals surface area contributed by atoms with Gasteiger partial charge in [-0.25, -0.2) is 4.68 Å². The van der Waals surface area contributed by atoms with Crippen LogP contribution in [0.15, 0.2) is 71.1 Å². The third-order valence-electron chi connectivity index (χ3n) is 4.72. The lowest BCUT2D eigenvalue weighted by Crippen LogP contribution is -2.12. The van der Waals surface area contributed by atoms with Crippen LogP contribution in [0.1, 0.15) is 21.9 Å². The van der Waals surface area contributed by atoms with Gasteiger partial charge in [-0.1, -0.05) is 18.2 Å². The number of benzene rings is 2. The molecule has 1 amide bonds. The Labute approximate surface area is 171 Å². The number of nitro benzene ring substituents is 1. The van der Waals surface area contributed by atoms with Crippen LogP contribution in [-0.4, -0.2) is 20.6 Å². The average molecular weight is 402 g/mol. The number of nitrogens with one attached hydrogen (secondary N) is 1. The smallest absolute Gasteiger partial charge is 0.291 e. The molecule has 0 saturated carbocycles. The number of hydrogen-bond acceptors (Lipinski definition) is 5. The van der Waals surface area contributed by atoms with Gasteiger partial charge in [0.25, 0.3) is 11.6 Å². The lowest BCUT2D eigenvalue weighted by molar-refractivity contribution is -0.384. The van der Waals surface area contributed by atoms with Crippen molar-refractivity contribution in [2.45, 2.75) is 13.8 Å². The van der Waals surface area contributed by atoms with E-state index in [4.69, 9.17) is 4.42 Å². The predicted molar refractivity (Wildman–Crippen MR) is 112 cm³/mol. The first-order chi connectivity index (χ1) is 14.4. The van der Waals surface area contributed by atoms with E-state index in [-0.39, 0.29) is 11.4 Å². The Bertz CT molecular complexity index is 1220. The summed E-state index contributed by atoms with van der Waals surface area (Å²) in [6.07, 6.45) is 0. The van der Waals surface area contributed by atoms with Crippen LogP contribution in [0.2, 0.25) is 0 Å². The zero-order valence-corrected chi connectivity index (χ0v) is 16.3. The standard InChI is InChI=1S/C22H18N4O4/c1-14-21(15(2)25(24-14)17-6-4-3-5-7-17)23-22(27)20-13-12-19(30-20)16-8-10-18(11-9-16)26(28)29/h3-13H,1-2H3,(H,23,27). The van der Waals surface area contributed by atoms with E-state index in [1.807, 2.05) is 44.2 Å². The molecule has 0 atom stereocenters.